The minimum absolute atomic E-state index is 0.0209. The zero-order valence-corrected chi connectivity index (χ0v) is 12.8. The largest absolute Gasteiger partial charge is 0.294 e. The first-order chi connectivity index (χ1) is 9.13. The van der Waals surface area contributed by atoms with Crippen LogP contribution in [0.1, 0.15) is 56.5 Å². The molecule has 0 saturated carbocycles. The van der Waals surface area contributed by atoms with Gasteiger partial charge in [0.15, 0.2) is 5.78 Å². The quantitative estimate of drug-likeness (QED) is 0.661. The molecule has 1 aromatic rings. The molecular formula is C17H27NO. The first kappa shape index (κ1) is 15.9. The molecule has 1 unspecified atom stereocenters. The maximum absolute atomic E-state index is 12.5. The maximum atomic E-state index is 12.5. The number of hydrogen-bond donors (Lipinski definition) is 0. The van der Waals surface area contributed by atoms with Gasteiger partial charge >= 0.3 is 0 Å². The normalized spacial score (nSPS) is 12.7. The number of Topliss-reactive ketones (excluding diaryl/α,β-unsaturated/α-hetero) is 1. The van der Waals surface area contributed by atoms with Gasteiger partial charge in [-0.05, 0) is 44.8 Å². The van der Waals surface area contributed by atoms with Gasteiger partial charge in [0.1, 0.15) is 0 Å². The third-order valence-corrected chi connectivity index (χ3v) is 3.60. The Kier molecular flexibility index (Phi) is 6.79. The van der Waals surface area contributed by atoms with Crippen LogP contribution in [0.2, 0.25) is 0 Å². The molecule has 1 aromatic carbocycles. The summed E-state index contributed by atoms with van der Waals surface area (Å²) in [5.74, 6) is 0.240. The maximum Gasteiger partial charge on any atom is 0.179 e. The van der Waals surface area contributed by atoms with Crippen molar-refractivity contribution in [2.24, 2.45) is 0 Å². The second-order valence-electron chi connectivity index (χ2n) is 5.13. The van der Waals surface area contributed by atoms with Gasteiger partial charge in [-0.2, -0.15) is 0 Å². The van der Waals surface area contributed by atoms with Crippen molar-refractivity contribution in [2.45, 2.75) is 53.0 Å². The molecule has 0 N–H and O–H groups in total. The van der Waals surface area contributed by atoms with E-state index in [-0.39, 0.29) is 11.8 Å². The van der Waals surface area contributed by atoms with Crippen LogP contribution < -0.4 is 0 Å². The number of carbonyl (C=O) groups excluding carboxylic acids is 1. The number of nitrogens with zero attached hydrogens (tertiary/aromatic N) is 1. The van der Waals surface area contributed by atoms with Gasteiger partial charge in [-0.1, -0.05) is 45.0 Å². The van der Waals surface area contributed by atoms with E-state index in [0.29, 0.717) is 0 Å². The lowest BCUT2D eigenvalue weighted by atomic mass is 10.0. The third-order valence-electron chi connectivity index (χ3n) is 3.60. The number of aryl methyl sites for hydroxylation is 1. The number of benzene rings is 1. The van der Waals surface area contributed by atoms with Crippen molar-refractivity contribution < 1.29 is 4.79 Å². The van der Waals surface area contributed by atoms with Crippen LogP contribution in [0.5, 0.6) is 0 Å². The van der Waals surface area contributed by atoms with Crippen molar-refractivity contribution in [1.29, 1.82) is 0 Å². The lowest BCUT2D eigenvalue weighted by Gasteiger charge is -2.27. The highest BCUT2D eigenvalue weighted by Gasteiger charge is 2.21. The van der Waals surface area contributed by atoms with Crippen LogP contribution in [0, 0.1) is 0 Å². The lowest BCUT2D eigenvalue weighted by Crippen LogP contribution is -2.40. The second kappa shape index (κ2) is 8.11. The van der Waals surface area contributed by atoms with Gasteiger partial charge in [0.05, 0.1) is 6.04 Å². The molecule has 0 amide bonds. The number of carbonyl (C=O) groups is 1. The van der Waals surface area contributed by atoms with Crippen molar-refractivity contribution in [3.8, 4) is 0 Å². The minimum atomic E-state index is -0.0209. The molecule has 0 aliphatic carbocycles. The summed E-state index contributed by atoms with van der Waals surface area (Å²) in [4.78, 5) is 14.8. The zero-order chi connectivity index (χ0) is 14.3. The summed E-state index contributed by atoms with van der Waals surface area (Å²) in [6.07, 6.45) is 3.20. The summed E-state index contributed by atoms with van der Waals surface area (Å²) < 4.78 is 0. The topological polar surface area (TPSA) is 20.3 Å². The number of ketones is 1. The fourth-order valence-electron chi connectivity index (χ4n) is 2.39. The Balaban J connectivity index is 2.78. The minimum Gasteiger partial charge on any atom is -0.294 e. The van der Waals surface area contributed by atoms with Gasteiger partial charge in [0.2, 0.25) is 0 Å². The Bertz CT molecular complexity index is 377. The van der Waals surface area contributed by atoms with E-state index in [1.165, 1.54) is 5.56 Å². The molecule has 0 aromatic heterocycles. The molecule has 19 heavy (non-hydrogen) atoms. The Hall–Kier alpha value is -1.15. The van der Waals surface area contributed by atoms with E-state index in [1.54, 1.807) is 0 Å². The van der Waals surface area contributed by atoms with Gasteiger partial charge in [-0.3, -0.25) is 9.69 Å². The molecule has 1 atom stereocenters. The molecule has 2 heteroatoms. The molecular weight excluding hydrogens is 234 g/mol. The van der Waals surface area contributed by atoms with E-state index in [2.05, 4.69) is 37.8 Å². The molecule has 0 fully saturated rings. The average molecular weight is 261 g/mol. The second-order valence-corrected chi connectivity index (χ2v) is 5.13. The Morgan fingerprint density at radius 1 is 1.05 bits per heavy atom. The van der Waals surface area contributed by atoms with Gasteiger partial charge in [-0.15, -0.1) is 0 Å². The molecule has 0 heterocycles. The van der Waals surface area contributed by atoms with E-state index in [0.717, 1.165) is 37.9 Å². The van der Waals surface area contributed by atoms with Crippen molar-refractivity contribution in [2.75, 3.05) is 13.1 Å². The monoisotopic (exact) mass is 261 g/mol. The highest BCUT2D eigenvalue weighted by Crippen LogP contribution is 2.12. The van der Waals surface area contributed by atoms with Crippen LogP contribution in [-0.2, 0) is 6.42 Å². The Labute approximate surface area is 117 Å². The van der Waals surface area contributed by atoms with Crippen molar-refractivity contribution in [3.05, 3.63) is 35.4 Å². The van der Waals surface area contributed by atoms with Crippen LogP contribution >= 0.6 is 0 Å². The Morgan fingerprint density at radius 2 is 1.58 bits per heavy atom. The molecule has 2 nitrogen and oxygen atoms in total. The predicted molar refractivity (Wildman–Crippen MR) is 81.8 cm³/mol. The zero-order valence-electron chi connectivity index (χ0n) is 12.8. The van der Waals surface area contributed by atoms with E-state index < -0.39 is 0 Å². The molecule has 1 rings (SSSR count). The first-order valence-electron chi connectivity index (χ1n) is 7.51. The lowest BCUT2D eigenvalue weighted by molar-refractivity contribution is 0.0838. The van der Waals surface area contributed by atoms with Gasteiger partial charge in [-0.25, -0.2) is 0 Å². The standard InChI is InChI=1S/C17H27NO/c1-5-12-18(13-6-2)14(4)17(19)16-10-8-15(7-3)9-11-16/h8-11,14H,5-7,12-13H2,1-4H3. The van der Waals surface area contributed by atoms with Crippen LogP contribution in [0.4, 0.5) is 0 Å². The summed E-state index contributed by atoms with van der Waals surface area (Å²) in [7, 11) is 0. The van der Waals surface area contributed by atoms with E-state index in [4.69, 9.17) is 0 Å². The fraction of sp³-hybridized carbons (Fsp3) is 0.588. The van der Waals surface area contributed by atoms with E-state index >= 15 is 0 Å². The highest BCUT2D eigenvalue weighted by molar-refractivity contribution is 5.99. The summed E-state index contributed by atoms with van der Waals surface area (Å²) in [5, 5.41) is 0. The SMILES string of the molecule is CCCN(CCC)C(C)C(=O)c1ccc(CC)cc1. The van der Waals surface area contributed by atoms with Crippen LogP contribution in [0.25, 0.3) is 0 Å². The summed E-state index contributed by atoms with van der Waals surface area (Å²) >= 11 is 0. The van der Waals surface area contributed by atoms with Gasteiger partial charge in [0.25, 0.3) is 0 Å². The molecule has 0 saturated heterocycles. The Morgan fingerprint density at radius 3 is 2.00 bits per heavy atom. The molecule has 0 bridgehead atoms. The van der Waals surface area contributed by atoms with Crippen LogP contribution in [0.3, 0.4) is 0 Å². The third kappa shape index (κ3) is 4.46. The summed E-state index contributed by atoms with van der Waals surface area (Å²) in [5.41, 5.74) is 2.12. The molecule has 106 valence electrons. The fourth-order valence-corrected chi connectivity index (χ4v) is 2.39. The van der Waals surface area contributed by atoms with Crippen LogP contribution in [-0.4, -0.2) is 29.8 Å². The first-order valence-corrected chi connectivity index (χ1v) is 7.51. The van der Waals surface area contributed by atoms with Crippen LogP contribution in [0.15, 0.2) is 24.3 Å². The summed E-state index contributed by atoms with van der Waals surface area (Å²) in [6, 6.07) is 8.03. The summed E-state index contributed by atoms with van der Waals surface area (Å²) in [6.45, 7) is 10.5. The molecule has 0 radical (unpaired) electrons. The van der Waals surface area contributed by atoms with Crippen molar-refractivity contribution in [1.82, 2.24) is 4.90 Å². The average Bonchev–Trinajstić information content (AvgIpc) is 2.45. The van der Waals surface area contributed by atoms with Gasteiger partial charge < -0.3 is 0 Å². The number of rotatable bonds is 8. The van der Waals surface area contributed by atoms with Crippen molar-refractivity contribution in [3.63, 3.8) is 0 Å². The van der Waals surface area contributed by atoms with Gasteiger partial charge in [0, 0.05) is 5.56 Å². The van der Waals surface area contributed by atoms with Crippen molar-refractivity contribution >= 4 is 5.78 Å². The molecule has 0 aliphatic heterocycles. The molecule has 0 aliphatic rings. The smallest absolute Gasteiger partial charge is 0.179 e. The van der Waals surface area contributed by atoms with E-state index in [1.807, 2.05) is 19.1 Å². The van der Waals surface area contributed by atoms with E-state index in [9.17, 15) is 4.79 Å². The predicted octanol–water partition coefficient (Wildman–Crippen LogP) is 3.94. The highest BCUT2D eigenvalue weighted by atomic mass is 16.1. The molecule has 0 spiro atoms. The number of hydrogen-bond acceptors (Lipinski definition) is 2.